The summed E-state index contributed by atoms with van der Waals surface area (Å²) in [5, 5.41) is 4.68. The van der Waals surface area contributed by atoms with Gasteiger partial charge in [-0.1, -0.05) is 30.3 Å². The maximum atomic E-state index is 13.7. The third-order valence-electron chi connectivity index (χ3n) is 7.62. The van der Waals surface area contributed by atoms with Crippen LogP contribution in [0.4, 0.5) is 17.1 Å². The van der Waals surface area contributed by atoms with Crippen LogP contribution in [0.25, 0.3) is 10.8 Å². The van der Waals surface area contributed by atoms with Gasteiger partial charge in [0.25, 0.3) is 33.7 Å². The maximum absolute atomic E-state index is 13.7. The second-order valence-electron chi connectivity index (χ2n) is 10.3. The lowest BCUT2D eigenvalue weighted by molar-refractivity contribution is 0.0873. The van der Waals surface area contributed by atoms with Gasteiger partial charge < -0.3 is 0 Å². The lowest BCUT2D eigenvalue weighted by Gasteiger charge is -2.32. The molecule has 2 N–H and O–H groups in total. The van der Waals surface area contributed by atoms with E-state index in [0.717, 1.165) is 9.80 Å². The van der Waals surface area contributed by atoms with Gasteiger partial charge in [0.1, 0.15) is 0 Å². The summed E-state index contributed by atoms with van der Waals surface area (Å²) in [6, 6.07) is 26.5. The van der Waals surface area contributed by atoms with Gasteiger partial charge in [-0.05, 0) is 78.4 Å². The molecule has 12 heteroatoms. The smallest absolute Gasteiger partial charge is 0.282 e. The molecule has 11 nitrogen and oxygen atoms in total. The summed E-state index contributed by atoms with van der Waals surface area (Å²) in [7, 11) is -4.30. The highest BCUT2D eigenvalue weighted by molar-refractivity contribution is 7.85. The van der Waals surface area contributed by atoms with Crippen LogP contribution in [0.15, 0.2) is 113 Å². The summed E-state index contributed by atoms with van der Waals surface area (Å²) in [4.78, 5) is 56.4. The molecule has 4 amide bonds. The van der Waals surface area contributed by atoms with Gasteiger partial charge in [0.15, 0.2) is 0 Å². The average Bonchev–Trinajstić information content (AvgIpc) is 3.04. The monoisotopic (exact) mass is 616 g/mol. The summed E-state index contributed by atoms with van der Waals surface area (Å²) >= 11 is 0. The van der Waals surface area contributed by atoms with E-state index in [-0.39, 0.29) is 32.5 Å². The van der Waals surface area contributed by atoms with E-state index < -0.39 is 33.7 Å². The first-order valence-electron chi connectivity index (χ1n) is 13.5. The third-order valence-corrected chi connectivity index (χ3v) is 8.49. The second-order valence-corrected chi connectivity index (χ2v) is 11.7. The van der Waals surface area contributed by atoms with Crippen molar-refractivity contribution in [2.24, 2.45) is 5.10 Å². The first-order chi connectivity index (χ1) is 21.6. The molecule has 0 fully saturated rings. The number of carbonyl (C=O) groups excluding carboxylic acids is 4. The molecule has 0 spiro atoms. The van der Waals surface area contributed by atoms with Crippen molar-refractivity contribution in [3.8, 4) is 0 Å². The SMILES string of the molecule is O=C1c2ccc3c4c(ccc(c24)C(=O)N1c1ccccc1)C(=O)N(c1ccc(/C=N/Nc2ccc(S(=O)(=O)O)cc2)cc1)C3=O. The lowest BCUT2D eigenvalue weighted by atomic mass is 9.85. The summed E-state index contributed by atoms with van der Waals surface area (Å²) in [6.45, 7) is 0. The molecule has 45 heavy (non-hydrogen) atoms. The first kappa shape index (κ1) is 27.8. The lowest BCUT2D eigenvalue weighted by Crippen LogP contribution is -2.43. The van der Waals surface area contributed by atoms with E-state index in [4.69, 9.17) is 4.55 Å². The van der Waals surface area contributed by atoms with Crippen molar-refractivity contribution in [2.75, 3.05) is 15.2 Å². The topological polar surface area (TPSA) is 154 Å². The highest BCUT2D eigenvalue weighted by Gasteiger charge is 2.40. The van der Waals surface area contributed by atoms with Gasteiger partial charge >= 0.3 is 0 Å². The number of nitrogens with zero attached hydrogens (tertiary/aromatic N) is 3. The molecule has 0 saturated heterocycles. The standard InChI is InChI=1S/C33H20N4O7S/c38-30-24-14-16-26-29-27(17-15-25(28(24)29)31(39)36(30)21-4-2-1-3-5-21)33(41)37(32(26)40)22-10-6-19(7-11-22)18-34-35-20-8-12-23(13-9-20)45(42,43)44/h1-18,35H,(H,42,43,44)/b34-18+. The van der Waals surface area contributed by atoms with E-state index >= 15 is 0 Å². The van der Waals surface area contributed by atoms with Crippen LogP contribution in [0.1, 0.15) is 47.0 Å². The Labute approximate surface area is 255 Å². The van der Waals surface area contributed by atoms with Gasteiger partial charge in [0.05, 0.1) is 28.2 Å². The number of carbonyl (C=O) groups is 4. The molecular formula is C33H20N4O7S. The third kappa shape index (κ3) is 4.56. The normalized spacial score (nSPS) is 14.5. The number of nitrogens with one attached hydrogen (secondary N) is 1. The number of hydrazone groups is 1. The molecular weight excluding hydrogens is 596 g/mol. The Morgan fingerprint density at radius 2 is 1.02 bits per heavy atom. The van der Waals surface area contributed by atoms with Gasteiger partial charge in [-0.3, -0.25) is 29.2 Å². The van der Waals surface area contributed by atoms with Gasteiger partial charge in [-0.2, -0.15) is 13.5 Å². The summed E-state index contributed by atoms with van der Waals surface area (Å²) in [5.74, 6) is -2.24. The molecule has 0 radical (unpaired) electrons. The predicted molar refractivity (Wildman–Crippen MR) is 167 cm³/mol. The van der Waals surface area contributed by atoms with E-state index in [0.29, 0.717) is 28.0 Å². The zero-order valence-corrected chi connectivity index (χ0v) is 23.9. The maximum Gasteiger partial charge on any atom is 0.294 e. The largest absolute Gasteiger partial charge is 0.294 e. The summed E-state index contributed by atoms with van der Waals surface area (Å²) in [6.07, 6.45) is 1.49. The van der Waals surface area contributed by atoms with Gasteiger partial charge in [-0.25, -0.2) is 9.80 Å². The Balaban J connectivity index is 1.16. The number of rotatable bonds is 6. The molecule has 5 aromatic rings. The minimum absolute atomic E-state index is 0.203. The van der Waals surface area contributed by atoms with Crippen LogP contribution >= 0.6 is 0 Å². The zero-order valence-electron chi connectivity index (χ0n) is 23.0. The van der Waals surface area contributed by atoms with Gasteiger partial charge in [-0.15, -0.1) is 0 Å². The highest BCUT2D eigenvalue weighted by Crippen LogP contribution is 2.40. The number of imide groups is 2. The van der Waals surface area contributed by atoms with Crippen molar-refractivity contribution in [1.82, 2.24) is 0 Å². The number of hydrogen-bond donors (Lipinski definition) is 2. The average molecular weight is 617 g/mol. The summed E-state index contributed by atoms with van der Waals surface area (Å²) < 4.78 is 31.5. The zero-order chi connectivity index (χ0) is 31.5. The van der Waals surface area contributed by atoms with Crippen LogP contribution in [0.5, 0.6) is 0 Å². The van der Waals surface area contributed by atoms with Gasteiger partial charge in [0, 0.05) is 33.0 Å². The van der Waals surface area contributed by atoms with Crippen LogP contribution in [-0.2, 0) is 10.1 Å². The van der Waals surface area contributed by atoms with Crippen molar-refractivity contribution in [3.63, 3.8) is 0 Å². The molecule has 5 aromatic carbocycles. The molecule has 0 bridgehead atoms. The Kier molecular flexibility index (Phi) is 6.39. The number of hydrogen-bond acceptors (Lipinski definition) is 8. The fraction of sp³-hybridized carbons (Fsp3) is 0. The fourth-order valence-electron chi connectivity index (χ4n) is 5.51. The number of amides is 4. The molecule has 2 aliphatic rings. The molecule has 0 unspecified atom stereocenters. The molecule has 2 aliphatic heterocycles. The first-order valence-corrected chi connectivity index (χ1v) is 15.0. The van der Waals surface area contributed by atoms with Crippen LogP contribution < -0.4 is 15.2 Å². The number of anilines is 3. The Bertz CT molecular complexity index is 2160. The Morgan fingerprint density at radius 3 is 1.47 bits per heavy atom. The van der Waals surface area contributed by atoms with Crippen molar-refractivity contribution in [3.05, 3.63) is 131 Å². The van der Waals surface area contributed by atoms with Crippen LogP contribution in [0, 0.1) is 0 Å². The predicted octanol–water partition coefficient (Wildman–Crippen LogP) is 5.13. The molecule has 2 heterocycles. The number of benzene rings is 5. The Morgan fingerprint density at radius 1 is 0.578 bits per heavy atom. The minimum atomic E-state index is -4.30. The van der Waals surface area contributed by atoms with E-state index in [1.807, 2.05) is 0 Å². The summed E-state index contributed by atoms with van der Waals surface area (Å²) in [5.41, 5.74) is 5.47. The molecule has 0 aliphatic carbocycles. The molecule has 0 saturated carbocycles. The molecule has 0 atom stereocenters. The van der Waals surface area contributed by atoms with Crippen molar-refractivity contribution < 1.29 is 32.1 Å². The molecule has 0 aromatic heterocycles. The van der Waals surface area contributed by atoms with Crippen molar-refractivity contribution in [2.45, 2.75) is 4.90 Å². The van der Waals surface area contributed by atoms with Crippen LogP contribution in [0.3, 0.4) is 0 Å². The number of para-hydroxylation sites is 1. The quantitative estimate of drug-likeness (QED) is 0.115. The minimum Gasteiger partial charge on any atom is -0.282 e. The van der Waals surface area contributed by atoms with Crippen LogP contribution in [-0.4, -0.2) is 42.8 Å². The van der Waals surface area contributed by atoms with Gasteiger partial charge in [0.2, 0.25) is 0 Å². The molecule has 220 valence electrons. The highest BCUT2D eigenvalue weighted by atomic mass is 32.2. The molecule has 7 rings (SSSR count). The van der Waals surface area contributed by atoms with Crippen LogP contribution in [0.2, 0.25) is 0 Å². The van der Waals surface area contributed by atoms with E-state index in [9.17, 15) is 27.6 Å². The fourth-order valence-corrected chi connectivity index (χ4v) is 5.99. The Hall–Kier alpha value is -5.98. The van der Waals surface area contributed by atoms with E-state index in [1.165, 1.54) is 54.7 Å². The van der Waals surface area contributed by atoms with E-state index in [2.05, 4.69) is 10.5 Å². The van der Waals surface area contributed by atoms with Crippen molar-refractivity contribution >= 4 is 67.8 Å². The second kappa shape index (κ2) is 10.3. The van der Waals surface area contributed by atoms with Crippen molar-refractivity contribution in [1.29, 1.82) is 0 Å². The van der Waals surface area contributed by atoms with E-state index in [1.54, 1.807) is 54.6 Å².